The molecule has 4 fully saturated rings. The smallest absolute Gasteiger partial charge is 0.266 e. The van der Waals surface area contributed by atoms with Gasteiger partial charge in [-0.3, -0.25) is 4.79 Å². The maximum Gasteiger partial charge on any atom is 0.266 e. The van der Waals surface area contributed by atoms with Crippen molar-refractivity contribution in [1.29, 1.82) is 0 Å². The predicted molar refractivity (Wildman–Crippen MR) is 147 cm³/mol. The highest BCUT2D eigenvalue weighted by molar-refractivity contribution is 7.16. The highest BCUT2D eigenvalue weighted by Gasteiger charge is 2.98. The molecule has 2 N–H and O–H groups in total. The Morgan fingerprint density at radius 3 is 2.70 bits per heavy atom. The minimum absolute atomic E-state index is 0.0223. The Morgan fingerprint density at radius 1 is 1.18 bits per heavy atom. The predicted octanol–water partition coefficient (Wildman–Crippen LogP) is 5.46. The lowest BCUT2D eigenvalue weighted by Gasteiger charge is -2.60. The van der Waals surface area contributed by atoms with Gasteiger partial charge in [-0.2, -0.15) is 0 Å². The first-order valence-corrected chi connectivity index (χ1v) is 14.8. The average Bonchev–Trinajstić information content (AvgIpc) is 3.69. The van der Waals surface area contributed by atoms with Crippen LogP contribution in [0.25, 0.3) is 10.6 Å². The monoisotopic (exact) mass is 578 g/mol. The van der Waals surface area contributed by atoms with E-state index in [1.54, 1.807) is 23.6 Å². The van der Waals surface area contributed by atoms with E-state index in [0.29, 0.717) is 35.7 Å². The fourth-order valence-corrected chi connectivity index (χ4v) is 8.98. The van der Waals surface area contributed by atoms with Crippen molar-refractivity contribution in [2.45, 2.75) is 44.7 Å². The van der Waals surface area contributed by atoms with Crippen LogP contribution in [0.2, 0.25) is 0 Å². The molecule has 204 valence electrons. The summed E-state index contributed by atoms with van der Waals surface area (Å²) in [6.07, 6.45) is 3.43. The maximum atomic E-state index is 13.7. The minimum atomic E-state index is -2.60. The summed E-state index contributed by atoms with van der Waals surface area (Å²) >= 11 is 3.12. The quantitative estimate of drug-likeness (QED) is 0.284. The number of likely N-dealkylation sites (tertiary alicyclic amines) is 1. The van der Waals surface area contributed by atoms with E-state index in [-0.39, 0.29) is 28.5 Å². The van der Waals surface area contributed by atoms with Gasteiger partial charge in [-0.15, -0.1) is 22.7 Å². The molecule has 8 rings (SSSR count). The summed E-state index contributed by atoms with van der Waals surface area (Å²) in [5, 5.41) is 10.2. The van der Waals surface area contributed by atoms with Crippen molar-refractivity contribution in [1.82, 2.24) is 29.8 Å². The molecule has 1 saturated heterocycles. The summed E-state index contributed by atoms with van der Waals surface area (Å²) in [4.78, 5) is 38.6. The van der Waals surface area contributed by atoms with Crippen LogP contribution in [0.5, 0.6) is 0 Å². The van der Waals surface area contributed by atoms with Crippen LogP contribution >= 0.6 is 22.7 Å². The Morgan fingerprint density at radius 2 is 2.00 bits per heavy atom. The van der Waals surface area contributed by atoms with Crippen molar-refractivity contribution < 1.29 is 13.6 Å². The van der Waals surface area contributed by atoms with E-state index < -0.39 is 6.43 Å². The van der Waals surface area contributed by atoms with Gasteiger partial charge in [0, 0.05) is 42.0 Å². The van der Waals surface area contributed by atoms with E-state index in [0.717, 1.165) is 45.2 Å². The number of hydrogen-bond donors (Lipinski definition) is 2. The van der Waals surface area contributed by atoms with E-state index in [2.05, 4.69) is 35.6 Å². The number of carbonyl (C=O) groups is 1. The lowest BCUT2D eigenvalue weighted by atomic mass is 9.64. The second-order valence-corrected chi connectivity index (χ2v) is 13.2. The standard InChI is InChI=1S/C27H24F2N8OS2/c1-12-20(40-13(2)34-12)18-9-39-25(35-18)36-19-4-3-14(6-30-19)23(38)37-21-16-5-17(16)27(21)10-26(27,37)11-33-24-31-7-15(8-32-24)22(28)29/h3-4,6-9,16-17,21-22H,5,10-11H2,1-2H3,(H,30,35,36)(H,31,32,33)/t16-,17?,21?,26+,27?/m0/s1. The van der Waals surface area contributed by atoms with E-state index in [1.807, 2.05) is 30.2 Å². The molecule has 3 aliphatic carbocycles. The molecule has 3 saturated carbocycles. The third-order valence-corrected chi connectivity index (χ3v) is 10.9. The topological polar surface area (TPSA) is 109 Å². The van der Waals surface area contributed by atoms with Crippen molar-refractivity contribution in [3.8, 4) is 10.6 Å². The van der Waals surface area contributed by atoms with Crippen molar-refractivity contribution in [3.63, 3.8) is 0 Å². The van der Waals surface area contributed by atoms with Gasteiger partial charge in [0.1, 0.15) is 5.82 Å². The zero-order valence-corrected chi connectivity index (χ0v) is 23.2. The van der Waals surface area contributed by atoms with Crippen molar-refractivity contribution in [2.24, 2.45) is 17.3 Å². The molecule has 4 aromatic heterocycles. The van der Waals surface area contributed by atoms with Crippen LogP contribution in [-0.2, 0) is 0 Å². The fraction of sp³-hybridized carbons (Fsp3) is 0.407. The number of rotatable bonds is 8. The summed E-state index contributed by atoms with van der Waals surface area (Å²) in [6.45, 7) is 4.48. The highest BCUT2D eigenvalue weighted by Crippen LogP contribution is 2.92. The SMILES string of the molecule is Cc1nc(C)c(-c2csc(Nc3ccc(C(=O)N4C5[C@H]6CC6C56C[C@]46CNc4ncc(C(F)F)cn4)cn3)n2)s1. The van der Waals surface area contributed by atoms with Crippen LogP contribution in [0.4, 0.5) is 25.7 Å². The normalized spacial score (nSPS) is 28.6. The number of hydrogen-bond acceptors (Lipinski definition) is 10. The van der Waals surface area contributed by atoms with E-state index in [4.69, 9.17) is 0 Å². The van der Waals surface area contributed by atoms with Gasteiger partial charge in [0.2, 0.25) is 5.95 Å². The van der Waals surface area contributed by atoms with E-state index >= 15 is 0 Å². The Balaban J connectivity index is 0.964. The zero-order valence-electron chi connectivity index (χ0n) is 21.6. The van der Waals surface area contributed by atoms with Gasteiger partial charge < -0.3 is 15.5 Å². The molecule has 5 atom stereocenters. The average molecular weight is 579 g/mol. The molecule has 1 aliphatic heterocycles. The summed E-state index contributed by atoms with van der Waals surface area (Å²) in [7, 11) is 0. The van der Waals surface area contributed by atoms with Crippen LogP contribution in [0.3, 0.4) is 0 Å². The Hall–Kier alpha value is -3.58. The number of piperidine rings is 1. The lowest BCUT2D eigenvalue weighted by molar-refractivity contribution is -0.0974. The molecule has 9 nitrogen and oxygen atoms in total. The summed E-state index contributed by atoms with van der Waals surface area (Å²) in [5.74, 6) is 2.18. The molecule has 4 aromatic rings. The van der Waals surface area contributed by atoms with Crippen molar-refractivity contribution in [2.75, 3.05) is 17.2 Å². The highest BCUT2D eigenvalue weighted by atomic mass is 32.1. The lowest BCUT2D eigenvalue weighted by Crippen LogP contribution is -2.73. The van der Waals surface area contributed by atoms with Crippen LogP contribution in [0.1, 0.15) is 45.9 Å². The van der Waals surface area contributed by atoms with Gasteiger partial charge in [-0.05, 0) is 50.7 Å². The number of aryl methyl sites for hydroxylation is 2. The second kappa shape index (κ2) is 8.23. The summed E-state index contributed by atoms with van der Waals surface area (Å²) in [6, 6.07) is 3.89. The number of pyridine rings is 1. The number of alkyl halides is 2. The number of nitrogens with zero attached hydrogens (tertiary/aromatic N) is 6. The number of carbonyl (C=O) groups excluding carboxylic acids is 1. The first-order chi connectivity index (χ1) is 19.3. The Kier molecular flexibility index (Phi) is 4.98. The molecular formula is C27H24F2N8OS2. The molecule has 0 bridgehead atoms. The van der Waals surface area contributed by atoms with Crippen LogP contribution in [0.15, 0.2) is 36.1 Å². The molecule has 40 heavy (non-hydrogen) atoms. The number of amides is 1. The van der Waals surface area contributed by atoms with Gasteiger partial charge in [0.05, 0.1) is 37.9 Å². The molecule has 1 amide bonds. The van der Waals surface area contributed by atoms with E-state index in [1.165, 1.54) is 17.8 Å². The van der Waals surface area contributed by atoms with E-state index in [9.17, 15) is 13.6 Å². The first-order valence-electron chi connectivity index (χ1n) is 13.1. The summed E-state index contributed by atoms with van der Waals surface area (Å²) < 4.78 is 25.7. The third kappa shape index (κ3) is 3.27. The second-order valence-electron chi connectivity index (χ2n) is 11.1. The minimum Gasteiger partial charge on any atom is -0.352 e. The zero-order chi connectivity index (χ0) is 27.4. The molecule has 1 spiro atoms. The van der Waals surface area contributed by atoms with Gasteiger partial charge in [-0.25, -0.2) is 33.7 Å². The molecule has 0 radical (unpaired) electrons. The number of nitrogens with one attached hydrogen (secondary N) is 2. The van der Waals surface area contributed by atoms with Crippen molar-refractivity contribution in [3.05, 3.63) is 57.9 Å². The number of aromatic nitrogens is 5. The molecule has 13 heteroatoms. The molecule has 3 unspecified atom stereocenters. The fourth-order valence-electron chi connectivity index (χ4n) is 7.31. The maximum absolute atomic E-state index is 13.7. The van der Waals surface area contributed by atoms with Gasteiger partial charge >= 0.3 is 0 Å². The van der Waals surface area contributed by atoms with Crippen molar-refractivity contribution >= 4 is 45.5 Å². The van der Waals surface area contributed by atoms with Gasteiger partial charge in [0.25, 0.3) is 12.3 Å². The van der Waals surface area contributed by atoms with Crippen LogP contribution in [0, 0.1) is 31.1 Å². The molecular weight excluding hydrogens is 554 g/mol. The molecule has 0 aromatic carbocycles. The third-order valence-electron chi connectivity index (χ3n) is 9.07. The molecule has 5 heterocycles. The Bertz CT molecular complexity index is 1660. The number of fused-ring (bicyclic) bond motifs is 2. The Labute approximate surface area is 236 Å². The number of thiazole rings is 2. The number of anilines is 3. The van der Waals surface area contributed by atoms with Gasteiger partial charge in [0.15, 0.2) is 5.13 Å². The molecule has 4 aliphatic rings. The van der Waals surface area contributed by atoms with Crippen LogP contribution in [-0.4, -0.2) is 53.9 Å². The van der Waals surface area contributed by atoms with Crippen LogP contribution < -0.4 is 10.6 Å². The largest absolute Gasteiger partial charge is 0.352 e. The van der Waals surface area contributed by atoms with Gasteiger partial charge in [-0.1, -0.05) is 0 Å². The summed E-state index contributed by atoms with van der Waals surface area (Å²) in [5.41, 5.74) is 2.11. The first kappa shape index (κ1) is 24.2. The number of halogens is 2.